The molecule has 5 N–H and O–H groups in total. The Morgan fingerprint density at radius 2 is 1.66 bits per heavy atom. The first-order valence-electron chi connectivity index (χ1n) is 8.99. The van der Waals surface area contributed by atoms with E-state index in [0.29, 0.717) is 11.3 Å². The van der Waals surface area contributed by atoms with Crippen molar-refractivity contribution in [2.75, 3.05) is 11.1 Å². The van der Waals surface area contributed by atoms with E-state index in [1.54, 1.807) is 30.3 Å². The van der Waals surface area contributed by atoms with Gasteiger partial charge in [-0.05, 0) is 35.9 Å². The highest BCUT2D eigenvalue weighted by Gasteiger charge is 2.25. The number of hydrogen-bond donors (Lipinski definition) is 3. The number of benzene rings is 2. The van der Waals surface area contributed by atoms with Gasteiger partial charge in [-0.2, -0.15) is 10.5 Å². The van der Waals surface area contributed by atoms with E-state index in [2.05, 4.69) is 10.3 Å². The number of hydrogen-bond acceptors (Lipinski definition) is 8. The molecule has 160 valence electrons. The number of nitrogens with two attached hydrogens (primary N) is 2. The Morgan fingerprint density at radius 1 is 1.03 bits per heavy atom. The van der Waals surface area contributed by atoms with Gasteiger partial charge in [-0.25, -0.2) is 18.5 Å². The van der Waals surface area contributed by atoms with E-state index in [4.69, 9.17) is 16.1 Å². The molecule has 9 nitrogen and oxygen atoms in total. The van der Waals surface area contributed by atoms with Crippen molar-refractivity contribution >= 4 is 39.2 Å². The molecule has 11 heteroatoms. The maximum atomic E-state index is 13.1. The first-order valence-corrected chi connectivity index (χ1v) is 11.4. The second-order valence-corrected chi connectivity index (χ2v) is 9.12. The summed E-state index contributed by atoms with van der Waals surface area (Å²) < 4.78 is 22.8. The zero-order valence-electron chi connectivity index (χ0n) is 16.4. The van der Waals surface area contributed by atoms with Gasteiger partial charge in [-0.1, -0.05) is 42.1 Å². The van der Waals surface area contributed by atoms with Gasteiger partial charge in [0.05, 0.1) is 16.0 Å². The normalized spacial score (nSPS) is 11.7. The van der Waals surface area contributed by atoms with Crippen molar-refractivity contribution in [3.05, 3.63) is 77.4 Å². The minimum Gasteiger partial charge on any atom is -0.383 e. The van der Waals surface area contributed by atoms with E-state index in [1.807, 2.05) is 12.1 Å². The third-order valence-electron chi connectivity index (χ3n) is 4.28. The quantitative estimate of drug-likeness (QED) is 0.466. The second kappa shape index (κ2) is 9.49. The molecule has 0 spiro atoms. The number of primary sulfonamides is 1. The average molecular weight is 465 g/mol. The smallest absolute Gasteiger partial charge is 0.242 e. The lowest BCUT2D eigenvalue weighted by atomic mass is 10.1. The van der Waals surface area contributed by atoms with Gasteiger partial charge in [-0.15, -0.1) is 0 Å². The van der Waals surface area contributed by atoms with Crippen molar-refractivity contribution in [1.29, 1.82) is 10.5 Å². The molecule has 0 saturated carbocycles. The van der Waals surface area contributed by atoms with Crippen LogP contribution in [0.3, 0.4) is 0 Å². The second-order valence-electron chi connectivity index (χ2n) is 6.46. The summed E-state index contributed by atoms with van der Waals surface area (Å²) in [6, 6.07) is 19.4. The van der Waals surface area contributed by atoms with E-state index in [1.165, 1.54) is 30.3 Å². The minimum absolute atomic E-state index is 0.0418. The predicted molar refractivity (Wildman–Crippen MR) is 120 cm³/mol. The summed E-state index contributed by atoms with van der Waals surface area (Å²) in [5, 5.41) is 25.8. The van der Waals surface area contributed by atoms with Gasteiger partial charge in [0.25, 0.3) is 0 Å². The number of pyridine rings is 1. The van der Waals surface area contributed by atoms with Crippen molar-refractivity contribution < 1.29 is 13.2 Å². The number of nitrogens with zero attached hydrogens (tertiary/aromatic N) is 3. The maximum absolute atomic E-state index is 13.1. The fourth-order valence-corrected chi connectivity index (χ4v) is 4.30. The molecule has 0 saturated heterocycles. The lowest BCUT2D eigenvalue weighted by molar-refractivity contribution is -0.115. The predicted octanol–water partition coefficient (Wildman–Crippen LogP) is 2.53. The molecule has 0 radical (unpaired) electrons. The number of rotatable bonds is 6. The highest BCUT2D eigenvalue weighted by Crippen LogP contribution is 2.37. The van der Waals surface area contributed by atoms with E-state index in [0.717, 1.165) is 11.8 Å². The summed E-state index contributed by atoms with van der Waals surface area (Å²) in [4.78, 5) is 17.2. The molecule has 3 aromatic rings. The summed E-state index contributed by atoms with van der Waals surface area (Å²) in [6.45, 7) is 0. The van der Waals surface area contributed by atoms with Crippen LogP contribution in [0.5, 0.6) is 0 Å². The van der Waals surface area contributed by atoms with Gasteiger partial charge in [0, 0.05) is 5.69 Å². The number of nitrogens with one attached hydrogen (secondary N) is 1. The van der Waals surface area contributed by atoms with Crippen LogP contribution in [-0.2, 0) is 14.8 Å². The van der Waals surface area contributed by atoms with Gasteiger partial charge < -0.3 is 11.1 Å². The fourth-order valence-electron chi connectivity index (χ4n) is 2.72. The van der Waals surface area contributed by atoms with Gasteiger partial charge in [0.2, 0.25) is 15.9 Å². The maximum Gasteiger partial charge on any atom is 0.242 e. The van der Waals surface area contributed by atoms with E-state index in [-0.39, 0.29) is 26.9 Å². The Kier molecular flexibility index (Phi) is 6.76. The molecule has 0 aliphatic rings. The molecule has 1 amide bonds. The summed E-state index contributed by atoms with van der Waals surface area (Å²) in [6.07, 6.45) is 0. The highest BCUT2D eigenvalue weighted by atomic mass is 32.2. The molecule has 2 aromatic carbocycles. The molecule has 0 bridgehead atoms. The van der Waals surface area contributed by atoms with Crippen molar-refractivity contribution in [2.24, 2.45) is 5.14 Å². The number of aromatic nitrogens is 1. The zero-order chi connectivity index (χ0) is 23.3. The summed E-state index contributed by atoms with van der Waals surface area (Å²) in [5.41, 5.74) is 6.99. The third kappa shape index (κ3) is 5.22. The zero-order valence-corrected chi connectivity index (χ0v) is 18.0. The van der Waals surface area contributed by atoms with Gasteiger partial charge in [0.1, 0.15) is 28.2 Å². The third-order valence-corrected chi connectivity index (χ3v) is 6.46. The molecule has 0 fully saturated rings. The molecule has 1 atom stereocenters. The average Bonchev–Trinajstić information content (AvgIpc) is 2.77. The fraction of sp³-hybridized carbons (Fsp3) is 0.0476. The number of nitriles is 2. The Hall–Kier alpha value is -3.90. The van der Waals surface area contributed by atoms with Crippen molar-refractivity contribution in [2.45, 2.75) is 15.2 Å². The van der Waals surface area contributed by atoms with Crippen LogP contribution in [0.15, 0.2) is 70.6 Å². The summed E-state index contributed by atoms with van der Waals surface area (Å²) in [5.74, 6) is -0.474. The monoisotopic (exact) mass is 464 g/mol. The number of anilines is 2. The SMILES string of the molecule is N#Cc1cc(C#N)c(SC(C(=O)Nc2ccc(S(N)(=O)=O)cc2)c2ccccc2)nc1N. The molecule has 0 aliphatic heterocycles. The van der Waals surface area contributed by atoms with E-state index in [9.17, 15) is 18.5 Å². The van der Waals surface area contributed by atoms with Crippen LogP contribution in [0.4, 0.5) is 11.5 Å². The minimum atomic E-state index is -3.86. The number of sulfonamides is 1. The molecule has 32 heavy (non-hydrogen) atoms. The van der Waals surface area contributed by atoms with Crippen LogP contribution in [0, 0.1) is 22.7 Å². The van der Waals surface area contributed by atoms with Crippen molar-refractivity contribution in [3.63, 3.8) is 0 Å². The molecule has 1 aromatic heterocycles. The number of nitrogen functional groups attached to an aromatic ring is 1. The molecule has 1 heterocycles. The Morgan fingerprint density at radius 3 is 2.22 bits per heavy atom. The summed E-state index contributed by atoms with van der Waals surface area (Å²) in [7, 11) is -3.86. The lowest BCUT2D eigenvalue weighted by Gasteiger charge is -2.17. The van der Waals surface area contributed by atoms with E-state index >= 15 is 0 Å². The number of carbonyl (C=O) groups is 1. The number of amides is 1. The first kappa shape index (κ1) is 22.8. The standard InChI is InChI=1S/C21H16N6O3S2/c22-11-14-10-15(12-23)21(27-19(14)24)31-18(13-4-2-1-3-5-13)20(28)26-16-6-8-17(9-7-16)32(25,29)30/h1-10,18H,(H2,24,27)(H,26,28)(H2,25,29,30). The molecule has 0 aliphatic carbocycles. The van der Waals surface area contributed by atoms with Crippen molar-refractivity contribution in [3.8, 4) is 12.1 Å². The Balaban J connectivity index is 1.94. The van der Waals surface area contributed by atoms with Crippen LogP contribution < -0.4 is 16.2 Å². The van der Waals surface area contributed by atoms with Crippen LogP contribution in [0.2, 0.25) is 0 Å². The van der Waals surface area contributed by atoms with Gasteiger partial charge in [-0.3, -0.25) is 4.79 Å². The van der Waals surface area contributed by atoms with Gasteiger partial charge >= 0.3 is 0 Å². The molecule has 1 unspecified atom stereocenters. The number of carbonyl (C=O) groups excluding carboxylic acids is 1. The Bertz CT molecular complexity index is 1350. The molecular formula is C21H16N6O3S2. The highest BCUT2D eigenvalue weighted by molar-refractivity contribution is 8.00. The first-order chi connectivity index (χ1) is 15.2. The topological polar surface area (TPSA) is 176 Å². The number of thioether (sulfide) groups is 1. The van der Waals surface area contributed by atoms with Crippen LogP contribution in [-0.4, -0.2) is 19.3 Å². The largest absolute Gasteiger partial charge is 0.383 e. The van der Waals surface area contributed by atoms with Crippen LogP contribution >= 0.6 is 11.8 Å². The van der Waals surface area contributed by atoms with E-state index < -0.39 is 21.2 Å². The molecular weight excluding hydrogens is 448 g/mol. The molecule has 3 rings (SSSR count). The Labute approximate surface area is 188 Å². The van der Waals surface area contributed by atoms with Crippen LogP contribution in [0.25, 0.3) is 0 Å². The van der Waals surface area contributed by atoms with Gasteiger partial charge in [0.15, 0.2) is 0 Å². The van der Waals surface area contributed by atoms with Crippen LogP contribution in [0.1, 0.15) is 21.9 Å². The van der Waals surface area contributed by atoms with Crippen molar-refractivity contribution in [1.82, 2.24) is 4.98 Å². The summed E-state index contributed by atoms with van der Waals surface area (Å²) >= 11 is 1.01. The lowest BCUT2D eigenvalue weighted by Crippen LogP contribution is -2.19.